The molecular formula is C12H18N2O2S. The number of nitrogens with zero attached hydrogens (tertiary/aromatic N) is 2. The van der Waals surface area contributed by atoms with E-state index in [9.17, 15) is 4.79 Å². The van der Waals surface area contributed by atoms with Crippen molar-refractivity contribution in [3.05, 3.63) is 16.1 Å². The molecule has 0 radical (unpaired) electrons. The van der Waals surface area contributed by atoms with E-state index in [1.165, 1.54) is 30.6 Å². The first-order valence-electron chi connectivity index (χ1n) is 6.04. The van der Waals surface area contributed by atoms with Gasteiger partial charge in [0.15, 0.2) is 0 Å². The molecule has 2 rings (SSSR count). The Hall–Kier alpha value is -0.940. The number of likely N-dealkylation sites (tertiary alicyclic amines) is 1. The number of aliphatic carboxylic acids is 1. The number of thiazole rings is 1. The van der Waals surface area contributed by atoms with Gasteiger partial charge in [-0.1, -0.05) is 6.42 Å². The standard InChI is InChI=1S/C12H18N2O2S/c1-9-4-2-3-5-14(9)8-11-13-7-10(17-11)6-12(15)16/h7,9H,2-6,8H2,1H3,(H,15,16). The fourth-order valence-corrected chi connectivity index (χ4v) is 3.16. The highest BCUT2D eigenvalue weighted by molar-refractivity contribution is 7.11. The van der Waals surface area contributed by atoms with Crippen LogP contribution in [-0.2, 0) is 17.8 Å². The zero-order valence-electron chi connectivity index (χ0n) is 10.1. The highest BCUT2D eigenvalue weighted by Gasteiger charge is 2.19. The molecule has 1 N–H and O–H groups in total. The fraction of sp³-hybridized carbons (Fsp3) is 0.667. The third-order valence-electron chi connectivity index (χ3n) is 3.21. The normalized spacial score (nSPS) is 21.6. The second-order valence-electron chi connectivity index (χ2n) is 4.61. The second-order valence-corrected chi connectivity index (χ2v) is 5.81. The molecule has 1 fully saturated rings. The minimum atomic E-state index is -0.786. The van der Waals surface area contributed by atoms with Crippen LogP contribution in [0.15, 0.2) is 6.20 Å². The maximum absolute atomic E-state index is 10.6. The lowest BCUT2D eigenvalue weighted by Crippen LogP contribution is -2.36. The van der Waals surface area contributed by atoms with E-state index < -0.39 is 5.97 Å². The van der Waals surface area contributed by atoms with E-state index in [4.69, 9.17) is 5.11 Å². The van der Waals surface area contributed by atoms with Gasteiger partial charge in [-0.25, -0.2) is 4.98 Å². The Labute approximate surface area is 105 Å². The Bertz CT molecular complexity index is 392. The first-order chi connectivity index (χ1) is 8.15. The molecule has 1 aromatic heterocycles. The molecule has 94 valence electrons. The first kappa shape index (κ1) is 12.5. The number of aromatic nitrogens is 1. The van der Waals surface area contributed by atoms with Crippen molar-refractivity contribution in [3.8, 4) is 0 Å². The van der Waals surface area contributed by atoms with Crippen LogP contribution in [0.5, 0.6) is 0 Å². The number of carboxylic acid groups (broad SMARTS) is 1. The molecule has 4 nitrogen and oxygen atoms in total. The van der Waals surface area contributed by atoms with Crippen LogP contribution in [0.25, 0.3) is 0 Å². The van der Waals surface area contributed by atoms with Gasteiger partial charge in [0.2, 0.25) is 0 Å². The summed E-state index contributed by atoms with van der Waals surface area (Å²) in [6.07, 6.45) is 5.63. The Balaban J connectivity index is 1.93. The van der Waals surface area contributed by atoms with Gasteiger partial charge in [-0.3, -0.25) is 9.69 Å². The molecule has 0 saturated carbocycles. The van der Waals surface area contributed by atoms with E-state index in [1.54, 1.807) is 6.20 Å². The molecular weight excluding hydrogens is 236 g/mol. The van der Waals surface area contributed by atoms with Crippen LogP contribution >= 0.6 is 11.3 Å². The van der Waals surface area contributed by atoms with Gasteiger partial charge in [-0.2, -0.15) is 0 Å². The summed E-state index contributed by atoms with van der Waals surface area (Å²) in [5, 5.41) is 9.75. The van der Waals surface area contributed by atoms with Crippen molar-refractivity contribution in [1.82, 2.24) is 9.88 Å². The van der Waals surface area contributed by atoms with E-state index in [2.05, 4.69) is 16.8 Å². The van der Waals surface area contributed by atoms with E-state index in [1.807, 2.05) is 0 Å². The first-order valence-corrected chi connectivity index (χ1v) is 6.86. The number of hydrogen-bond acceptors (Lipinski definition) is 4. The number of hydrogen-bond donors (Lipinski definition) is 1. The van der Waals surface area contributed by atoms with Crippen molar-refractivity contribution in [2.24, 2.45) is 0 Å². The molecule has 2 heterocycles. The van der Waals surface area contributed by atoms with Gasteiger partial charge in [-0.15, -0.1) is 11.3 Å². The van der Waals surface area contributed by atoms with Crippen molar-refractivity contribution < 1.29 is 9.90 Å². The minimum absolute atomic E-state index is 0.0905. The number of rotatable bonds is 4. The molecule has 1 atom stereocenters. The Morgan fingerprint density at radius 2 is 2.47 bits per heavy atom. The highest BCUT2D eigenvalue weighted by Crippen LogP contribution is 2.21. The highest BCUT2D eigenvalue weighted by atomic mass is 32.1. The average Bonchev–Trinajstić information content (AvgIpc) is 2.68. The third kappa shape index (κ3) is 3.51. The van der Waals surface area contributed by atoms with Crippen LogP contribution in [0, 0.1) is 0 Å². The minimum Gasteiger partial charge on any atom is -0.481 e. The van der Waals surface area contributed by atoms with E-state index in [0.717, 1.165) is 23.0 Å². The van der Waals surface area contributed by atoms with Gasteiger partial charge in [0, 0.05) is 17.1 Å². The van der Waals surface area contributed by atoms with Crippen molar-refractivity contribution in [2.45, 2.75) is 45.2 Å². The van der Waals surface area contributed by atoms with Gasteiger partial charge in [-0.05, 0) is 26.3 Å². The summed E-state index contributed by atoms with van der Waals surface area (Å²) in [6.45, 7) is 4.26. The SMILES string of the molecule is CC1CCCCN1Cc1ncc(CC(=O)O)s1. The van der Waals surface area contributed by atoms with Gasteiger partial charge in [0.1, 0.15) is 5.01 Å². The summed E-state index contributed by atoms with van der Waals surface area (Å²) in [7, 11) is 0. The predicted octanol–water partition coefficient (Wildman–Crippen LogP) is 2.14. The fourth-order valence-electron chi connectivity index (χ4n) is 2.22. The maximum Gasteiger partial charge on any atom is 0.308 e. The van der Waals surface area contributed by atoms with Crippen molar-refractivity contribution in [3.63, 3.8) is 0 Å². The summed E-state index contributed by atoms with van der Waals surface area (Å²) < 4.78 is 0. The van der Waals surface area contributed by atoms with Crippen LogP contribution in [0.2, 0.25) is 0 Å². The molecule has 1 aliphatic rings. The Morgan fingerprint density at radius 1 is 1.65 bits per heavy atom. The molecule has 0 spiro atoms. The molecule has 0 aliphatic carbocycles. The summed E-state index contributed by atoms with van der Waals surface area (Å²) in [6, 6.07) is 0.621. The zero-order chi connectivity index (χ0) is 12.3. The lowest BCUT2D eigenvalue weighted by molar-refractivity contribution is -0.136. The van der Waals surface area contributed by atoms with Gasteiger partial charge < -0.3 is 5.11 Å². The molecule has 0 bridgehead atoms. The van der Waals surface area contributed by atoms with Crippen LogP contribution < -0.4 is 0 Å². The molecule has 0 aromatic carbocycles. The Kier molecular flexibility index (Phi) is 4.12. The molecule has 0 amide bonds. The molecule has 1 saturated heterocycles. The smallest absolute Gasteiger partial charge is 0.308 e. The van der Waals surface area contributed by atoms with Crippen molar-refractivity contribution in [1.29, 1.82) is 0 Å². The van der Waals surface area contributed by atoms with Crippen LogP contribution in [0.1, 0.15) is 36.1 Å². The van der Waals surface area contributed by atoms with Crippen LogP contribution in [-0.4, -0.2) is 33.5 Å². The Morgan fingerprint density at radius 3 is 3.18 bits per heavy atom. The van der Waals surface area contributed by atoms with E-state index in [0.29, 0.717) is 6.04 Å². The van der Waals surface area contributed by atoms with E-state index >= 15 is 0 Å². The van der Waals surface area contributed by atoms with Gasteiger partial charge in [0.05, 0.1) is 13.0 Å². The van der Waals surface area contributed by atoms with Gasteiger partial charge in [0.25, 0.3) is 0 Å². The number of carbonyl (C=O) groups is 1. The summed E-state index contributed by atoms with van der Waals surface area (Å²) in [5.41, 5.74) is 0. The molecule has 1 unspecified atom stereocenters. The third-order valence-corrected chi connectivity index (χ3v) is 4.19. The average molecular weight is 254 g/mol. The molecule has 17 heavy (non-hydrogen) atoms. The predicted molar refractivity (Wildman–Crippen MR) is 67.2 cm³/mol. The maximum atomic E-state index is 10.6. The summed E-state index contributed by atoms with van der Waals surface area (Å²) in [4.78, 5) is 18.2. The van der Waals surface area contributed by atoms with Gasteiger partial charge >= 0.3 is 5.97 Å². The summed E-state index contributed by atoms with van der Waals surface area (Å²) >= 11 is 1.52. The van der Waals surface area contributed by atoms with E-state index in [-0.39, 0.29) is 6.42 Å². The van der Waals surface area contributed by atoms with Crippen LogP contribution in [0.3, 0.4) is 0 Å². The second kappa shape index (κ2) is 5.60. The lowest BCUT2D eigenvalue weighted by Gasteiger charge is -2.32. The largest absolute Gasteiger partial charge is 0.481 e. The number of carboxylic acids is 1. The topological polar surface area (TPSA) is 53.4 Å². The monoisotopic (exact) mass is 254 g/mol. The quantitative estimate of drug-likeness (QED) is 0.894. The van der Waals surface area contributed by atoms with Crippen molar-refractivity contribution in [2.75, 3.05) is 6.54 Å². The summed E-state index contributed by atoms with van der Waals surface area (Å²) in [5.74, 6) is -0.786. The molecule has 1 aliphatic heterocycles. The number of piperidine rings is 1. The van der Waals surface area contributed by atoms with Crippen LogP contribution in [0.4, 0.5) is 0 Å². The molecule has 1 aromatic rings. The zero-order valence-corrected chi connectivity index (χ0v) is 10.9. The lowest BCUT2D eigenvalue weighted by atomic mass is 10.0. The molecule has 5 heteroatoms. The van der Waals surface area contributed by atoms with Crippen molar-refractivity contribution >= 4 is 17.3 Å².